The minimum Gasteiger partial charge on any atom is -0.377 e. The molecule has 2 N–H and O–H groups in total. The summed E-state index contributed by atoms with van der Waals surface area (Å²) >= 11 is 0. The number of hydrogen-bond donors (Lipinski definition) is 2. The second-order valence-corrected chi connectivity index (χ2v) is 5.30. The third kappa shape index (κ3) is 2.77. The van der Waals surface area contributed by atoms with Crippen molar-refractivity contribution < 1.29 is 9.53 Å². The van der Waals surface area contributed by atoms with E-state index in [0.29, 0.717) is 31.3 Å². The van der Waals surface area contributed by atoms with E-state index in [1.807, 2.05) is 6.92 Å². The van der Waals surface area contributed by atoms with Crippen LogP contribution in [0.4, 0.5) is 0 Å². The van der Waals surface area contributed by atoms with Gasteiger partial charge in [0.25, 0.3) is 5.91 Å². The van der Waals surface area contributed by atoms with Gasteiger partial charge in [0.1, 0.15) is 17.6 Å². The van der Waals surface area contributed by atoms with Crippen LogP contribution in [0.5, 0.6) is 0 Å². The number of aromatic amines is 2. The lowest BCUT2D eigenvalue weighted by Gasteiger charge is -2.34. The normalized spacial score (nSPS) is 18.5. The van der Waals surface area contributed by atoms with Crippen molar-refractivity contribution in [1.82, 2.24) is 24.8 Å². The highest BCUT2D eigenvalue weighted by atomic mass is 16.5. The van der Waals surface area contributed by atoms with Crippen LogP contribution in [0.2, 0.25) is 0 Å². The largest absolute Gasteiger partial charge is 0.377 e. The van der Waals surface area contributed by atoms with E-state index in [4.69, 9.17) is 4.74 Å². The van der Waals surface area contributed by atoms with Crippen molar-refractivity contribution in [2.24, 2.45) is 0 Å². The number of imidazole rings is 1. The number of H-pyrrole nitrogens is 2. The van der Waals surface area contributed by atoms with E-state index >= 15 is 0 Å². The highest BCUT2D eigenvalue weighted by molar-refractivity contribution is 5.92. The summed E-state index contributed by atoms with van der Waals surface area (Å²) in [5.41, 5.74) is 1.12. The van der Waals surface area contributed by atoms with Crippen molar-refractivity contribution in [3.05, 3.63) is 45.7 Å². The Morgan fingerprint density at radius 1 is 1.36 bits per heavy atom. The predicted octanol–water partition coefficient (Wildman–Crippen LogP) is 0.324. The van der Waals surface area contributed by atoms with Gasteiger partial charge in [-0.2, -0.15) is 4.98 Å². The zero-order chi connectivity index (χ0) is 15.7. The first-order valence-corrected chi connectivity index (χ1v) is 7.03. The summed E-state index contributed by atoms with van der Waals surface area (Å²) in [5.74, 6) is 0.378. The monoisotopic (exact) mass is 303 g/mol. The maximum absolute atomic E-state index is 12.7. The average molecular weight is 303 g/mol. The van der Waals surface area contributed by atoms with Crippen LogP contribution in [0.15, 0.2) is 17.1 Å². The molecule has 0 bridgehead atoms. The second-order valence-electron chi connectivity index (χ2n) is 5.30. The Kier molecular flexibility index (Phi) is 3.76. The molecule has 2 aromatic heterocycles. The van der Waals surface area contributed by atoms with Gasteiger partial charge >= 0.3 is 5.69 Å². The molecule has 8 nitrogen and oxygen atoms in total. The van der Waals surface area contributed by atoms with Crippen molar-refractivity contribution >= 4 is 5.91 Å². The van der Waals surface area contributed by atoms with E-state index < -0.39 is 5.69 Å². The number of amides is 1. The molecule has 1 unspecified atom stereocenters. The molecule has 0 spiro atoms. The van der Waals surface area contributed by atoms with Gasteiger partial charge in [-0.25, -0.2) is 9.78 Å². The van der Waals surface area contributed by atoms with Gasteiger partial charge in [0.15, 0.2) is 0 Å². The van der Waals surface area contributed by atoms with Gasteiger partial charge in [-0.1, -0.05) is 0 Å². The van der Waals surface area contributed by atoms with Gasteiger partial charge in [-0.3, -0.25) is 4.79 Å². The molecule has 8 heteroatoms. The van der Waals surface area contributed by atoms with Gasteiger partial charge in [0.05, 0.1) is 13.2 Å². The quantitative estimate of drug-likeness (QED) is 0.831. The average Bonchev–Trinajstić information content (AvgIpc) is 2.92. The first-order valence-electron chi connectivity index (χ1n) is 7.03. The van der Waals surface area contributed by atoms with E-state index in [1.165, 1.54) is 0 Å². The molecule has 0 radical (unpaired) electrons. The van der Waals surface area contributed by atoms with Crippen LogP contribution in [0.1, 0.15) is 33.7 Å². The summed E-state index contributed by atoms with van der Waals surface area (Å²) in [7, 11) is 0. The molecule has 1 aliphatic rings. The van der Waals surface area contributed by atoms with E-state index in [0.717, 1.165) is 5.69 Å². The van der Waals surface area contributed by atoms with Crippen molar-refractivity contribution in [1.29, 1.82) is 0 Å². The van der Waals surface area contributed by atoms with Gasteiger partial charge in [0, 0.05) is 24.1 Å². The Balaban J connectivity index is 1.93. The van der Waals surface area contributed by atoms with Crippen LogP contribution in [-0.2, 0) is 4.74 Å². The molecule has 2 aromatic rings. The fourth-order valence-electron chi connectivity index (χ4n) is 2.51. The molecule has 0 aromatic carbocycles. The molecule has 116 valence electrons. The summed E-state index contributed by atoms with van der Waals surface area (Å²) in [6.07, 6.45) is 1.71. The number of nitrogens with zero attached hydrogens (tertiary/aromatic N) is 3. The zero-order valence-corrected chi connectivity index (χ0v) is 12.4. The third-order valence-corrected chi connectivity index (χ3v) is 3.53. The fraction of sp³-hybridized carbons (Fsp3) is 0.429. The van der Waals surface area contributed by atoms with Crippen LogP contribution in [0, 0.1) is 13.8 Å². The number of aromatic nitrogens is 4. The summed E-state index contributed by atoms with van der Waals surface area (Å²) in [6, 6.07) is 1.26. The summed E-state index contributed by atoms with van der Waals surface area (Å²) in [5, 5.41) is 0. The van der Waals surface area contributed by atoms with Crippen molar-refractivity contribution in [2.45, 2.75) is 19.9 Å². The summed E-state index contributed by atoms with van der Waals surface area (Å²) < 4.78 is 5.47. The number of carbonyl (C=O) groups is 1. The number of ether oxygens (including phenoxy) is 1. The molecule has 1 atom stereocenters. The highest BCUT2D eigenvalue weighted by Gasteiger charge is 2.32. The van der Waals surface area contributed by atoms with Crippen molar-refractivity contribution in [3.63, 3.8) is 0 Å². The molecule has 1 amide bonds. The lowest BCUT2D eigenvalue weighted by molar-refractivity contribution is -0.00534. The zero-order valence-electron chi connectivity index (χ0n) is 12.4. The van der Waals surface area contributed by atoms with Crippen LogP contribution < -0.4 is 5.69 Å². The van der Waals surface area contributed by atoms with Crippen LogP contribution in [0.25, 0.3) is 0 Å². The fourth-order valence-corrected chi connectivity index (χ4v) is 2.51. The highest BCUT2D eigenvalue weighted by Crippen LogP contribution is 2.23. The standard InChI is InChI=1S/C14H17N5O3/c1-8-5-10(18-14(21)17-8)13(20)19-3-4-22-7-11(19)12-15-6-9(2)16-12/h5-6,11H,3-4,7H2,1-2H3,(H,15,16)(H,17,18,21). The predicted molar refractivity (Wildman–Crippen MR) is 77.5 cm³/mol. The van der Waals surface area contributed by atoms with Gasteiger partial charge in [-0.15, -0.1) is 0 Å². The molecule has 22 heavy (non-hydrogen) atoms. The minimum absolute atomic E-state index is 0.136. The van der Waals surface area contributed by atoms with Gasteiger partial charge < -0.3 is 19.6 Å². The number of hydrogen-bond acceptors (Lipinski definition) is 5. The Morgan fingerprint density at radius 3 is 2.86 bits per heavy atom. The van der Waals surface area contributed by atoms with Gasteiger partial charge in [0.2, 0.25) is 0 Å². The molecule has 1 fully saturated rings. The summed E-state index contributed by atoms with van der Waals surface area (Å²) in [4.78, 5) is 39.5. The Morgan fingerprint density at radius 2 is 2.18 bits per heavy atom. The molecule has 0 aliphatic carbocycles. The summed E-state index contributed by atoms with van der Waals surface area (Å²) in [6.45, 7) is 4.85. The Labute approximate surface area is 126 Å². The lowest BCUT2D eigenvalue weighted by Crippen LogP contribution is -2.44. The van der Waals surface area contributed by atoms with E-state index in [-0.39, 0.29) is 17.6 Å². The topological polar surface area (TPSA) is 104 Å². The number of carbonyl (C=O) groups excluding carboxylic acids is 1. The number of nitrogens with one attached hydrogen (secondary N) is 2. The van der Waals surface area contributed by atoms with Crippen LogP contribution in [0.3, 0.4) is 0 Å². The van der Waals surface area contributed by atoms with Crippen LogP contribution in [-0.4, -0.2) is 50.5 Å². The van der Waals surface area contributed by atoms with E-state index in [9.17, 15) is 9.59 Å². The number of aryl methyl sites for hydroxylation is 2. The molecule has 3 heterocycles. The van der Waals surface area contributed by atoms with Crippen molar-refractivity contribution in [3.8, 4) is 0 Å². The molecular formula is C14H17N5O3. The maximum Gasteiger partial charge on any atom is 0.345 e. The minimum atomic E-state index is -0.526. The number of morpholine rings is 1. The lowest BCUT2D eigenvalue weighted by atomic mass is 10.2. The molecule has 1 aliphatic heterocycles. The first kappa shape index (κ1) is 14.5. The smallest absolute Gasteiger partial charge is 0.345 e. The number of rotatable bonds is 2. The van der Waals surface area contributed by atoms with Crippen molar-refractivity contribution in [2.75, 3.05) is 19.8 Å². The molecule has 1 saturated heterocycles. The first-order chi connectivity index (χ1) is 10.5. The second kappa shape index (κ2) is 5.72. The van der Waals surface area contributed by atoms with Gasteiger partial charge in [-0.05, 0) is 19.9 Å². The van der Waals surface area contributed by atoms with Crippen LogP contribution >= 0.6 is 0 Å². The van der Waals surface area contributed by atoms with E-state index in [1.54, 1.807) is 24.1 Å². The molecule has 3 rings (SSSR count). The Hall–Kier alpha value is -2.48. The van der Waals surface area contributed by atoms with E-state index in [2.05, 4.69) is 19.9 Å². The third-order valence-electron chi connectivity index (χ3n) is 3.53. The molecule has 0 saturated carbocycles. The maximum atomic E-state index is 12.7. The Bertz CT molecular complexity index is 751. The molecular weight excluding hydrogens is 286 g/mol. The SMILES string of the molecule is Cc1cnc(C2COCCN2C(=O)c2cc(C)[nH]c(=O)n2)[nH]1.